The zero-order valence-corrected chi connectivity index (χ0v) is 17.8. The second-order valence-electron chi connectivity index (χ2n) is 7.98. The Morgan fingerprint density at radius 3 is 2.69 bits per heavy atom. The molecule has 1 aromatic carbocycles. The van der Waals surface area contributed by atoms with E-state index in [0.717, 1.165) is 61.8 Å². The molecule has 0 saturated heterocycles. The highest BCUT2D eigenvalue weighted by Crippen LogP contribution is 2.32. The number of pyridine rings is 1. The van der Waals surface area contributed by atoms with E-state index in [-0.39, 0.29) is 12.5 Å². The predicted octanol–water partition coefficient (Wildman–Crippen LogP) is 4.70. The number of amides is 1. The van der Waals surface area contributed by atoms with E-state index in [9.17, 15) is 4.79 Å². The summed E-state index contributed by atoms with van der Waals surface area (Å²) in [6, 6.07) is 7.76. The van der Waals surface area contributed by atoms with Crippen LogP contribution >= 0.6 is 11.6 Å². The van der Waals surface area contributed by atoms with Crippen molar-refractivity contribution in [2.45, 2.75) is 57.8 Å². The lowest BCUT2D eigenvalue weighted by Crippen LogP contribution is -2.18. The molecule has 6 heteroatoms. The minimum Gasteiger partial charge on any atom is -0.396 e. The fourth-order valence-corrected chi connectivity index (χ4v) is 4.27. The van der Waals surface area contributed by atoms with E-state index in [1.807, 2.05) is 24.3 Å². The van der Waals surface area contributed by atoms with Gasteiger partial charge in [-0.05, 0) is 75.4 Å². The Hall–Kier alpha value is -1.69. The number of nitrogens with zero attached hydrogens (tertiary/aromatic N) is 1. The molecule has 1 aliphatic rings. The van der Waals surface area contributed by atoms with E-state index >= 15 is 0 Å². The first-order valence-electron chi connectivity index (χ1n) is 10.9. The van der Waals surface area contributed by atoms with Crippen molar-refractivity contribution in [1.29, 1.82) is 0 Å². The standard InChI is InChI=1S/C23H32ClN3O2/c24-20-11-12-21-19(10-9-18(26-21)8-4-13-25-14-5-15-28)23(20)27-22(29)16-17-6-2-1-3-7-17/h9-12,17,25,28H,1-8,13-16H2,(H,27,29). The van der Waals surface area contributed by atoms with Crippen LogP contribution in [0.15, 0.2) is 24.3 Å². The first-order chi connectivity index (χ1) is 14.2. The number of aryl methyl sites for hydroxylation is 1. The lowest BCUT2D eigenvalue weighted by Gasteiger charge is -2.21. The van der Waals surface area contributed by atoms with Crippen molar-refractivity contribution in [1.82, 2.24) is 10.3 Å². The van der Waals surface area contributed by atoms with Crippen molar-refractivity contribution < 1.29 is 9.90 Å². The molecule has 0 bridgehead atoms. The van der Waals surface area contributed by atoms with Crippen LogP contribution in [0, 0.1) is 5.92 Å². The molecule has 2 aromatic rings. The van der Waals surface area contributed by atoms with Crippen molar-refractivity contribution in [3.05, 3.63) is 35.0 Å². The number of fused-ring (bicyclic) bond motifs is 1. The lowest BCUT2D eigenvalue weighted by molar-refractivity contribution is -0.117. The summed E-state index contributed by atoms with van der Waals surface area (Å²) in [7, 11) is 0. The largest absolute Gasteiger partial charge is 0.396 e. The van der Waals surface area contributed by atoms with Gasteiger partial charge in [0, 0.05) is 24.1 Å². The molecule has 3 N–H and O–H groups in total. The predicted molar refractivity (Wildman–Crippen MR) is 119 cm³/mol. The summed E-state index contributed by atoms with van der Waals surface area (Å²) in [6.07, 6.45) is 9.28. The molecular weight excluding hydrogens is 386 g/mol. The third kappa shape index (κ3) is 6.66. The van der Waals surface area contributed by atoms with Crippen molar-refractivity contribution in [3.8, 4) is 0 Å². The zero-order valence-electron chi connectivity index (χ0n) is 17.1. The van der Waals surface area contributed by atoms with Crippen LogP contribution in [0.1, 0.15) is 57.1 Å². The second-order valence-corrected chi connectivity index (χ2v) is 8.39. The number of aliphatic hydroxyl groups excluding tert-OH is 1. The van der Waals surface area contributed by atoms with Crippen LogP contribution in [0.25, 0.3) is 10.9 Å². The third-order valence-corrected chi connectivity index (χ3v) is 5.95. The number of benzene rings is 1. The van der Waals surface area contributed by atoms with E-state index in [0.29, 0.717) is 23.0 Å². The topological polar surface area (TPSA) is 74.2 Å². The molecule has 0 spiro atoms. The molecule has 0 unspecified atom stereocenters. The van der Waals surface area contributed by atoms with Gasteiger partial charge in [0.15, 0.2) is 0 Å². The Kier molecular flexibility index (Phi) is 8.71. The van der Waals surface area contributed by atoms with Gasteiger partial charge < -0.3 is 15.7 Å². The summed E-state index contributed by atoms with van der Waals surface area (Å²) in [4.78, 5) is 17.3. The number of halogens is 1. The van der Waals surface area contributed by atoms with Crippen molar-refractivity contribution in [3.63, 3.8) is 0 Å². The highest BCUT2D eigenvalue weighted by molar-refractivity contribution is 6.35. The minimum atomic E-state index is 0.0457. The molecule has 0 atom stereocenters. The maximum absolute atomic E-state index is 12.6. The lowest BCUT2D eigenvalue weighted by atomic mass is 9.87. The second kappa shape index (κ2) is 11.5. The van der Waals surface area contributed by atoms with Gasteiger partial charge in [-0.2, -0.15) is 0 Å². The fourth-order valence-electron chi connectivity index (χ4n) is 4.05. The summed E-state index contributed by atoms with van der Waals surface area (Å²) in [5.41, 5.74) is 2.56. The van der Waals surface area contributed by atoms with Crippen LogP contribution in [0.4, 0.5) is 5.69 Å². The highest BCUT2D eigenvalue weighted by Gasteiger charge is 2.18. The Labute approximate surface area is 178 Å². The van der Waals surface area contributed by atoms with Gasteiger partial charge in [-0.25, -0.2) is 0 Å². The summed E-state index contributed by atoms with van der Waals surface area (Å²) in [6.45, 7) is 1.97. The van der Waals surface area contributed by atoms with Gasteiger partial charge in [-0.3, -0.25) is 9.78 Å². The Morgan fingerprint density at radius 2 is 1.90 bits per heavy atom. The molecule has 0 radical (unpaired) electrons. The third-order valence-electron chi connectivity index (χ3n) is 5.64. The van der Waals surface area contributed by atoms with Crippen LogP contribution in [0.5, 0.6) is 0 Å². The van der Waals surface area contributed by atoms with Gasteiger partial charge in [0.2, 0.25) is 5.91 Å². The average molecular weight is 418 g/mol. The zero-order chi connectivity index (χ0) is 20.5. The molecule has 1 amide bonds. The number of carbonyl (C=O) groups is 1. The molecule has 158 valence electrons. The number of anilines is 1. The van der Waals surface area contributed by atoms with E-state index in [1.54, 1.807) is 0 Å². The monoisotopic (exact) mass is 417 g/mol. The van der Waals surface area contributed by atoms with E-state index in [2.05, 4.69) is 10.6 Å². The summed E-state index contributed by atoms with van der Waals surface area (Å²) in [5.74, 6) is 0.539. The molecule has 1 saturated carbocycles. The molecule has 1 aromatic heterocycles. The number of hydrogen-bond donors (Lipinski definition) is 3. The molecule has 0 aliphatic heterocycles. The number of rotatable bonds is 10. The van der Waals surface area contributed by atoms with Crippen molar-refractivity contribution >= 4 is 34.1 Å². The fraction of sp³-hybridized carbons (Fsp3) is 0.565. The van der Waals surface area contributed by atoms with Crippen LogP contribution in [-0.2, 0) is 11.2 Å². The van der Waals surface area contributed by atoms with Crippen LogP contribution in [-0.4, -0.2) is 35.7 Å². The quantitative estimate of drug-likeness (QED) is 0.490. The van der Waals surface area contributed by atoms with Gasteiger partial charge in [-0.15, -0.1) is 0 Å². The first kappa shape index (κ1) is 22.0. The van der Waals surface area contributed by atoms with Crippen molar-refractivity contribution in [2.24, 2.45) is 5.92 Å². The van der Waals surface area contributed by atoms with Gasteiger partial charge in [0.1, 0.15) is 0 Å². The Balaban J connectivity index is 1.61. The summed E-state index contributed by atoms with van der Waals surface area (Å²) in [5, 5.41) is 16.6. The Morgan fingerprint density at radius 1 is 1.10 bits per heavy atom. The maximum Gasteiger partial charge on any atom is 0.224 e. The smallest absolute Gasteiger partial charge is 0.224 e. The molecule has 1 aliphatic carbocycles. The average Bonchev–Trinajstić information content (AvgIpc) is 2.73. The molecule has 1 heterocycles. The Bertz CT molecular complexity index is 806. The number of carbonyl (C=O) groups excluding carboxylic acids is 1. The number of nitrogens with one attached hydrogen (secondary N) is 2. The highest BCUT2D eigenvalue weighted by atomic mass is 35.5. The minimum absolute atomic E-state index is 0.0457. The molecule has 1 fully saturated rings. The van der Waals surface area contributed by atoms with Crippen LogP contribution < -0.4 is 10.6 Å². The normalized spacial score (nSPS) is 15.0. The summed E-state index contributed by atoms with van der Waals surface area (Å²) >= 11 is 6.41. The number of aromatic nitrogens is 1. The van der Waals surface area contributed by atoms with Crippen LogP contribution in [0.2, 0.25) is 5.02 Å². The molecule has 5 nitrogen and oxygen atoms in total. The van der Waals surface area contributed by atoms with Crippen LogP contribution in [0.3, 0.4) is 0 Å². The molecule has 3 rings (SSSR count). The summed E-state index contributed by atoms with van der Waals surface area (Å²) < 4.78 is 0. The van der Waals surface area contributed by atoms with Crippen molar-refractivity contribution in [2.75, 3.05) is 25.0 Å². The number of hydrogen-bond acceptors (Lipinski definition) is 4. The van der Waals surface area contributed by atoms with E-state index in [4.69, 9.17) is 21.7 Å². The molecular formula is C23H32ClN3O2. The SMILES string of the molecule is O=C(CC1CCCCC1)Nc1c(Cl)ccc2nc(CCCNCCCO)ccc12. The van der Waals surface area contributed by atoms with Gasteiger partial charge in [-0.1, -0.05) is 30.9 Å². The first-order valence-corrected chi connectivity index (χ1v) is 11.2. The van der Waals surface area contributed by atoms with Gasteiger partial charge in [0.25, 0.3) is 0 Å². The number of aliphatic hydroxyl groups is 1. The van der Waals surface area contributed by atoms with E-state index < -0.39 is 0 Å². The van der Waals surface area contributed by atoms with E-state index in [1.165, 1.54) is 19.3 Å². The van der Waals surface area contributed by atoms with Gasteiger partial charge >= 0.3 is 0 Å². The maximum atomic E-state index is 12.6. The van der Waals surface area contributed by atoms with Gasteiger partial charge in [0.05, 0.1) is 16.2 Å². The molecule has 29 heavy (non-hydrogen) atoms.